The maximum absolute atomic E-state index is 14.0. The quantitative estimate of drug-likeness (QED) is 0.642. The van der Waals surface area contributed by atoms with Gasteiger partial charge in [-0.05, 0) is 53.3 Å². The molecule has 34 heavy (non-hydrogen) atoms. The molecule has 2 aliphatic heterocycles. The number of likely N-dealkylation sites (N-methyl/N-ethyl adjacent to an activating group) is 1. The Labute approximate surface area is 212 Å². The lowest BCUT2D eigenvalue weighted by atomic mass is 9.90. The van der Waals surface area contributed by atoms with Gasteiger partial charge in [0.15, 0.2) is 5.69 Å². The molecule has 0 saturated carbocycles. The Morgan fingerprint density at radius 2 is 1.94 bits per heavy atom. The predicted octanol–water partition coefficient (Wildman–Crippen LogP) is 3.92. The Kier molecular flexibility index (Phi) is 4.61. The highest BCUT2D eigenvalue weighted by Crippen LogP contribution is 2.42. The highest BCUT2D eigenvalue weighted by molar-refractivity contribution is 6.30. The zero-order valence-corrected chi connectivity index (χ0v) is 21.0. The summed E-state index contributed by atoms with van der Waals surface area (Å²) < 4.78 is 49.7. The van der Waals surface area contributed by atoms with Crippen LogP contribution in [0, 0.1) is 13.8 Å². The van der Waals surface area contributed by atoms with Gasteiger partial charge in [-0.1, -0.05) is 18.5 Å². The van der Waals surface area contributed by atoms with E-state index in [1.165, 1.54) is 46.0 Å². The van der Waals surface area contributed by atoms with Crippen LogP contribution < -0.4 is 4.90 Å². The van der Waals surface area contributed by atoms with Crippen LogP contribution in [-0.2, 0) is 10.5 Å². The van der Waals surface area contributed by atoms with Crippen molar-refractivity contribution in [1.82, 2.24) is 24.8 Å². The minimum absolute atomic E-state index is 0.0165. The van der Waals surface area contributed by atoms with Gasteiger partial charge in [0.2, 0.25) is 5.72 Å². The number of hydrogen-bond donors (Lipinski definition) is 0. The molecule has 2 aromatic heterocycles. The summed E-state index contributed by atoms with van der Waals surface area (Å²) in [6, 6.07) is 1.19. The number of pyridine rings is 1. The number of nitrogens with zero attached hydrogens (tertiary/aromatic N) is 6. The number of hydrogen-bond acceptors (Lipinski definition) is 7. The van der Waals surface area contributed by atoms with Gasteiger partial charge in [0.25, 0.3) is 5.91 Å². The minimum atomic E-state index is -2.94. The molecule has 2 aliphatic rings. The fraction of sp³-hybridized carbons (Fsp3) is 0.542. The number of aryl methyl sites for hydroxylation is 2. The van der Waals surface area contributed by atoms with Gasteiger partial charge in [0.1, 0.15) is 11.5 Å². The van der Waals surface area contributed by atoms with Crippen molar-refractivity contribution < 1.29 is 21.2 Å². The largest absolute Gasteiger partial charge is 0.416 e. The standard InChI is InChI=1S/C24H31ClN6O3/c1-8-29-11-12-30(23(5,6)16(29)4)22(33)34-24(7)20-19(27-14(2)15(3)28-20)21(32)31(24)18-10-9-17(25)13-26-18/h9-10,13,16H,8,11-12H2,1-7H3/t16?,24-/m0/s1/i11D2,12D2,16D. The first-order valence-corrected chi connectivity index (χ1v) is 11.3. The van der Waals surface area contributed by atoms with Crippen molar-refractivity contribution in [2.24, 2.45) is 0 Å². The van der Waals surface area contributed by atoms with Crippen molar-refractivity contribution in [3.63, 3.8) is 0 Å². The number of aromatic nitrogens is 3. The third kappa shape index (κ3) is 3.71. The van der Waals surface area contributed by atoms with Crippen LogP contribution in [0.25, 0.3) is 0 Å². The molecule has 10 heteroatoms. The van der Waals surface area contributed by atoms with Crippen LogP contribution in [0.15, 0.2) is 18.3 Å². The van der Waals surface area contributed by atoms with Gasteiger partial charge in [0, 0.05) is 36.2 Å². The minimum Gasteiger partial charge on any atom is -0.416 e. The summed E-state index contributed by atoms with van der Waals surface area (Å²) in [7, 11) is 0. The molecule has 0 aromatic carbocycles. The molecule has 4 heterocycles. The summed E-state index contributed by atoms with van der Waals surface area (Å²) in [6.45, 7) is 5.07. The number of carbonyl (C=O) groups is 2. The van der Waals surface area contributed by atoms with E-state index in [-0.39, 0.29) is 23.8 Å². The SMILES string of the molecule is [2H]C1([2H])N(CC)C([2H])(C)C(C)(C)N(C(=O)O[C@@]2(C)c3nc(C)c(C)nc3C(=O)N2c2ccc(Cl)cn2)C1([2H])[2H]. The average molecular weight is 492 g/mol. The Morgan fingerprint density at radius 1 is 1.26 bits per heavy atom. The number of piperazine rings is 1. The van der Waals surface area contributed by atoms with E-state index >= 15 is 0 Å². The first-order valence-electron chi connectivity index (χ1n) is 13.4. The number of halogens is 1. The number of anilines is 1. The lowest BCUT2D eigenvalue weighted by Crippen LogP contribution is -2.66. The van der Waals surface area contributed by atoms with Gasteiger partial charge in [-0.3, -0.25) is 9.69 Å². The summed E-state index contributed by atoms with van der Waals surface area (Å²) in [5, 5.41) is 0.310. The smallest absolute Gasteiger partial charge is 0.412 e. The lowest BCUT2D eigenvalue weighted by molar-refractivity contribution is -0.0540. The maximum Gasteiger partial charge on any atom is 0.412 e. The van der Waals surface area contributed by atoms with E-state index in [0.717, 1.165) is 9.80 Å². The lowest BCUT2D eigenvalue weighted by Gasteiger charge is -2.51. The molecule has 0 bridgehead atoms. The van der Waals surface area contributed by atoms with Gasteiger partial charge in [-0.2, -0.15) is 0 Å². The van der Waals surface area contributed by atoms with E-state index in [1.807, 2.05) is 0 Å². The summed E-state index contributed by atoms with van der Waals surface area (Å²) >= 11 is 6.00. The van der Waals surface area contributed by atoms with Crippen molar-refractivity contribution in [2.45, 2.75) is 65.7 Å². The Bertz CT molecular complexity index is 1330. The van der Waals surface area contributed by atoms with E-state index in [4.69, 9.17) is 23.2 Å². The first-order chi connectivity index (χ1) is 17.8. The molecule has 0 N–H and O–H groups in total. The fourth-order valence-corrected chi connectivity index (χ4v) is 4.14. The fourth-order valence-electron chi connectivity index (χ4n) is 4.03. The highest BCUT2D eigenvalue weighted by Gasteiger charge is 2.55. The zero-order valence-electron chi connectivity index (χ0n) is 25.2. The van der Waals surface area contributed by atoms with Crippen molar-refractivity contribution in [3.8, 4) is 0 Å². The molecule has 1 fully saturated rings. The molecular formula is C24H31ClN6O3. The van der Waals surface area contributed by atoms with E-state index in [1.54, 1.807) is 20.8 Å². The van der Waals surface area contributed by atoms with Crippen LogP contribution in [0.4, 0.5) is 10.6 Å². The molecule has 1 unspecified atom stereocenters. The summed E-state index contributed by atoms with van der Waals surface area (Å²) in [4.78, 5) is 43.5. The maximum atomic E-state index is 14.0. The predicted molar refractivity (Wildman–Crippen MR) is 129 cm³/mol. The second-order valence-electron chi connectivity index (χ2n) is 8.87. The molecule has 4 rings (SSSR count). The molecule has 2 aromatic rings. The molecule has 1 saturated heterocycles. The normalized spacial score (nSPS) is 31.6. The molecule has 9 nitrogen and oxygen atoms in total. The molecule has 2 amide bonds. The number of amides is 2. The average Bonchev–Trinajstić information content (AvgIpc) is 2.99. The summed E-state index contributed by atoms with van der Waals surface area (Å²) in [5.74, 6) is -0.571. The molecule has 0 radical (unpaired) electrons. The van der Waals surface area contributed by atoms with Crippen LogP contribution >= 0.6 is 11.6 Å². The molecule has 2 atom stereocenters. The summed E-state index contributed by atoms with van der Waals surface area (Å²) in [5.41, 5.74) is -2.62. The zero-order chi connectivity index (χ0) is 29.5. The molecule has 182 valence electrons. The third-order valence-electron chi connectivity index (χ3n) is 6.45. The Morgan fingerprint density at radius 3 is 2.56 bits per heavy atom. The molecular weight excluding hydrogens is 456 g/mol. The van der Waals surface area contributed by atoms with Crippen LogP contribution in [0.1, 0.15) is 69.0 Å². The van der Waals surface area contributed by atoms with Crippen molar-refractivity contribution in [3.05, 3.63) is 46.1 Å². The second kappa shape index (κ2) is 8.46. The van der Waals surface area contributed by atoms with E-state index in [9.17, 15) is 9.59 Å². The van der Waals surface area contributed by atoms with Crippen LogP contribution in [0.5, 0.6) is 0 Å². The van der Waals surface area contributed by atoms with Crippen molar-refractivity contribution >= 4 is 29.4 Å². The van der Waals surface area contributed by atoms with Gasteiger partial charge in [0.05, 0.1) is 24.7 Å². The van der Waals surface area contributed by atoms with Crippen molar-refractivity contribution in [2.75, 3.05) is 24.4 Å². The highest BCUT2D eigenvalue weighted by atomic mass is 35.5. The Hall–Kier alpha value is -2.78. The Balaban J connectivity index is 1.89. The van der Waals surface area contributed by atoms with Gasteiger partial charge < -0.3 is 9.64 Å². The number of rotatable bonds is 3. The number of ether oxygens (including phenoxy) is 1. The van der Waals surface area contributed by atoms with Crippen LogP contribution in [0.2, 0.25) is 5.02 Å². The van der Waals surface area contributed by atoms with E-state index < -0.39 is 42.3 Å². The molecule has 0 aliphatic carbocycles. The second-order valence-corrected chi connectivity index (χ2v) is 9.30. The third-order valence-corrected chi connectivity index (χ3v) is 6.67. The number of fused-ring (bicyclic) bond motifs is 1. The van der Waals surface area contributed by atoms with Gasteiger partial charge in [-0.25, -0.2) is 24.6 Å². The summed E-state index contributed by atoms with van der Waals surface area (Å²) in [6.07, 6.45) is 0.0312. The topological polar surface area (TPSA) is 91.8 Å². The van der Waals surface area contributed by atoms with Crippen LogP contribution in [0.3, 0.4) is 0 Å². The van der Waals surface area contributed by atoms with Gasteiger partial charge in [-0.15, -0.1) is 0 Å². The monoisotopic (exact) mass is 491 g/mol. The first kappa shape index (κ1) is 18.5. The van der Waals surface area contributed by atoms with E-state index in [0.29, 0.717) is 21.3 Å². The number of carbonyl (C=O) groups excluding carboxylic acids is 2. The molecule has 0 spiro atoms. The van der Waals surface area contributed by atoms with Gasteiger partial charge >= 0.3 is 6.09 Å². The van der Waals surface area contributed by atoms with Crippen molar-refractivity contribution in [1.29, 1.82) is 0 Å². The van der Waals surface area contributed by atoms with E-state index in [2.05, 4.69) is 15.0 Å². The van der Waals surface area contributed by atoms with Crippen LogP contribution in [-0.4, -0.2) is 67.8 Å².